The second-order valence-corrected chi connectivity index (χ2v) is 4.51. The predicted molar refractivity (Wildman–Crippen MR) is 69.6 cm³/mol. The highest BCUT2D eigenvalue weighted by Crippen LogP contribution is 2.17. The maximum Gasteiger partial charge on any atom is 0.329 e. The molecule has 0 saturated heterocycles. The number of hydrogen-bond donors (Lipinski definition) is 2. The van der Waals surface area contributed by atoms with E-state index in [1.165, 1.54) is 18.2 Å². The predicted octanol–water partition coefficient (Wildman–Crippen LogP) is 2.51. The standard InChI is InChI=1S/C14H18FNO3/c1-4-14(5-2,13(18)19)16-12(17)10-6-7-11(15)9(3)8-10/h6-8H,4-5H2,1-3H3,(H,16,17)(H,18,19). The molecule has 0 atom stereocenters. The van der Waals surface area contributed by atoms with Gasteiger partial charge < -0.3 is 10.4 Å². The molecule has 2 N–H and O–H groups in total. The van der Waals surface area contributed by atoms with Crippen LogP contribution >= 0.6 is 0 Å². The van der Waals surface area contributed by atoms with E-state index in [9.17, 15) is 19.1 Å². The Bertz CT molecular complexity index is 495. The van der Waals surface area contributed by atoms with Crippen molar-refractivity contribution in [1.82, 2.24) is 5.32 Å². The normalized spacial score (nSPS) is 11.2. The minimum atomic E-state index is -1.28. The third-order valence-corrected chi connectivity index (χ3v) is 3.39. The van der Waals surface area contributed by atoms with Crippen molar-refractivity contribution in [3.63, 3.8) is 0 Å². The zero-order valence-corrected chi connectivity index (χ0v) is 11.3. The summed E-state index contributed by atoms with van der Waals surface area (Å²) in [4.78, 5) is 23.3. The smallest absolute Gasteiger partial charge is 0.329 e. The highest BCUT2D eigenvalue weighted by Gasteiger charge is 2.36. The lowest BCUT2D eigenvalue weighted by molar-refractivity contribution is -0.144. The number of carbonyl (C=O) groups excluding carboxylic acids is 1. The Balaban J connectivity index is 3.00. The molecule has 1 rings (SSSR count). The molecule has 0 unspecified atom stereocenters. The first-order valence-corrected chi connectivity index (χ1v) is 6.18. The third-order valence-electron chi connectivity index (χ3n) is 3.39. The summed E-state index contributed by atoms with van der Waals surface area (Å²) >= 11 is 0. The van der Waals surface area contributed by atoms with Gasteiger partial charge in [-0.3, -0.25) is 4.79 Å². The lowest BCUT2D eigenvalue weighted by Gasteiger charge is -2.28. The van der Waals surface area contributed by atoms with Gasteiger partial charge in [0.2, 0.25) is 0 Å². The van der Waals surface area contributed by atoms with Crippen LogP contribution in [0, 0.1) is 12.7 Å². The Kier molecular flexibility index (Phi) is 4.64. The summed E-state index contributed by atoms with van der Waals surface area (Å²) in [6, 6.07) is 3.95. The van der Waals surface area contributed by atoms with Crippen molar-refractivity contribution >= 4 is 11.9 Å². The Hall–Kier alpha value is -1.91. The van der Waals surface area contributed by atoms with Crippen LogP contribution in [0.4, 0.5) is 4.39 Å². The molecule has 0 radical (unpaired) electrons. The highest BCUT2D eigenvalue weighted by molar-refractivity contribution is 5.98. The summed E-state index contributed by atoms with van der Waals surface area (Å²) in [7, 11) is 0. The summed E-state index contributed by atoms with van der Waals surface area (Å²) in [6.45, 7) is 4.96. The van der Waals surface area contributed by atoms with Gasteiger partial charge in [0.15, 0.2) is 0 Å². The van der Waals surface area contributed by atoms with Crippen LogP contribution in [0.2, 0.25) is 0 Å². The quantitative estimate of drug-likeness (QED) is 0.861. The zero-order valence-electron chi connectivity index (χ0n) is 11.3. The van der Waals surface area contributed by atoms with Gasteiger partial charge in [0.1, 0.15) is 11.4 Å². The van der Waals surface area contributed by atoms with E-state index in [1.807, 2.05) is 0 Å². The molecule has 0 bridgehead atoms. The number of halogens is 1. The van der Waals surface area contributed by atoms with Crippen LogP contribution in [0.15, 0.2) is 18.2 Å². The molecule has 0 aliphatic heterocycles. The summed E-state index contributed by atoms with van der Waals surface area (Å²) in [5.74, 6) is -1.97. The molecule has 1 amide bonds. The number of carboxylic acid groups (broad SMARTS) is 1. The molecule has 1 aromatic carbocycles. The number of aliphatic carboxylic acids is 1. The minimum Gasteiger partial charge on any atom is -0.480 e. The van der Waals surface area contributed by atoms with Crippen molar-refractivity contribution in [1.29, 1.82) is 0 Å². The first kappa shape index (κ1) is 15.1. The number of aryl methyl sites for hydroxylation is 1. The van der Waals surface area contributed by atoms with Gasteiger partial charge in [0.05, 0.1) is 0 Å². The van der Waals surface area contributed by atoms with Gasteiger partial charge >= 0.3 is 5.97 Å². The van der Waals surface area contributed by atoms with Crippen LogP contribution < -0.4 is 5.32 Å². The number of benzene rings is 1. The van der Waals surface area contributed by atoms with E-state index < -0.39 is 23.2 Å². The SMILES string of the molecule is CCC(CC)(NC(=O)c1ccc(F)c(C)c1)C(=O)O. The maximum atomic E-state index is 13.1. The summed E-state index contributed by atoms with van der Waals surface area (Å²) < 4.78 is 13.1. The number of carboxylic acids is 1. The number of hydrogen-bond acceptors (Lipinski definition) is 2. The van der Waals surface area contributed by atoms with E-state index in [-0.39, 0.29) is 18.4 Å². The molecule has 4 nitrogen and oxygen atoms in total. The molecule has 0 aromatic heterocycles. The van der Waals surface area contributed by atoms with Gasteiger partial charge in [-0.15, -0.1) is 0 Å². The van der Waals surface area contributed by atoms with Gasteiger partial charge in [0, 0.05) is 5.56 Å². The summed E-state index contributed by atoms with van der Waals surface area (Å²) in [5, 5.41) is 11.8. The average molecular weight is 267 g/mol. The van der Waals surface area contributed by atoms with Crippen molar-refractivity contribution in [2.75, 3.05) is 0 Å². The van der Waals surface area contributed by atoms with E-state index in [1.54, 1.807) is 20.8 Å². The lowest BCUT2D eigenvalue weighted by Crippen LogP contribution is -2.53. The van der Waals surface area contributed by atoms with Gasteiger partial charge in [-0.1, -0.05) is 13.8 Å². The minimum absolute atomic E-state index is 0.256. The Morgan fingerprint density at radius 3 is 2.32 bits per heavy atom. The average Bonchev–Trinajstić information content (AvgIpc) is 2.38. The van der Waals surface area contributed by atoms with Crippen LogP contribution in [0.3, 0.4) is 0 Å². The van der Waals surface area contributed by atoms with Crippen molar-refractivity contribution < 1.29 is 19.1 Å². The Morgan fingerprint density at radius 2 is 1.89 bits per heavy atom. The topological polar surface area (TPSA) is 66.4 Å². The molecule has 104 valence electrons. The van der Waals surface area contributed by atoms with Crippen molar-refractivity contribution in [3.8, 4) is 0 Å². The molecule has 0 fully saturated rings. The molecule has 0 spiro atoms. The number of rotatable bonds is 5. The van der Waals surface area contributed by atoms with Crippen LogP contribution in [0.25, 0.3) is 0 Å². The lowest BCUT2D eigenvalue weighted by atomic mass is 9.92. The monoisotopic (exact) mass is 267 g/mol. The van der Waals surface area contributed by atoms with Crippen LogP contribution in [-0.4, -0.2) is 22.5 Å². The molecule has 0 aliphatic carbocycles. The van der Waals surface area contributed by atoms with Gasteiger partial charge in [-0.05, 0) is 43.5 Å². The van der Waals surface area contributed by atoms with Crippen LogP contribution in [0.5, 0.6) is 0 Å². The molecular weight excluding hydrogens is 249 g/mol. The molecule has 19 heavy (non-hydrogen) atoms. The fraction of sp³-hybridized carbons (Fsp3) is 0.429. The number of amides is 1. The highest BCUT2D eigenvalue weighted by atomic mass is 19.1. The van der Waals surface area contributed by atoms with E-state index in [2.05, 4.69) is 5.32 Å². The van der Waals surface area contributed by atoms with Crippen molar-refractivity contribution in [2.45, 2.75) is 39.2 Å². The van der Waals surface area contributed by atoms with Crippen molar-refractivity contribution in [3.05, 3.63) is 35.1 Å². The van der Waals surface area contributed by atoms with Gasteiger partial charge in [0.25, 0.3) is 5.91 Å². The molecule has 0 heterocycles. The summed E-state index contributed by atoms with van der Waals surface area (Å²) in [6.07, 6.45) is 0.565. The number of carbonyl (C=O) groups is 2. The van der Waals surface area contributed by atoms with E-state index >= 15 is 0 Å². The molecule has 0 aliphatic rings. The summed E-state index contributed by atoms with van der Waals surface area (Å²) in [5.41, 5.74) is -0.674. The van der Waals surface area contributed by atoms with Gasteiger partial charge in [-0.25, -0.2) is 9.18 Å². The molecule has 5 heteroatoms. The first-order valence-electron chi connectivity index (χ1n) is 6.18. The molecule has 1 aromatic rings. The first-order chi connectivity index (χ1) is 8.86. The zero-order chi connectivity index (χ0) is 14.6. The maximum absolute atomic E-state index is 13.1. The van der Waals surface area contributed by atoms with Crippen molar-refractivity contribution in [2.24, 2.45) is 0 Å². The van der Waals surface area contributed by atoms with Crippen LogP contribution in [0.1, 0.15) is 42.6 Å². The largest absolute Gasteiger partial charge is 0.480 e. The van der Waals surface area contributed by atoms with E-state index in [0.29, 0.717) is 5.56 Å². The fourth-order valence-electron chi connectivity index (χ4n) is 1.86. The van der Waals surface area contributed by atoms with E-state index in [4.69, 9.17) is 0 Å². The van der Waals surface area contributed by atoms with Crippen LogP contribution in [-0.2, 0) is 4.79 Å². The molecular formula is C14H18FNO3. The second kappa shape index (κ2) is 5.82. The fourth-order valence-corrected chi connectivity index (χ4v) is 1.86. The van der Waals surface area contributed by atoms with Gasteiger partial charge in [-0.2, -0.15) is 0 Å². The second-order valence-electron chi connectivity index (χ2n) is 4.51. The third kappa shape index (κ3) is 3.10. The number of nitrogens with one attached hydrogen (secondary N) is 1. The molecule has 0 saturated carbocycles. The van der Waals surface area contributed by atoms with E-state index in [0.717, 1.165) is 0 Å². The Labute approximate surface area is 111 Å². The Morgan fingerprint density at radius 1 is 1.32 bits per heavy atom.